The maximum absolute atomic E-state index is 11.8. The standard InChI is InChI=1S/C14H22N2O4/c1-19-12(17)7-6-11(13(18)20-2)16-14(10-15)8-4-3-5-9-14/h11,16H,3-9H2,1-2H3/t11-/m0/s1. The second kappa shape index (κ2) is 7.85. The number of ether oxygens (including phenoxy) is 2. The molecule has 0 aliphatic heterocycles. The van der Waals surface area contributed by atoms with Gasteiger partial charge in [0.1, 0.15) is 11.6 Å². The summed E-state index contributed by atoms with van der Waals surface area (Å²) in [7, 11) is 2.61. The van der Waals surface area contributed by atoms with Crippen LogP contribution in [-0.4, -0.2) is 37.7 Å². The van der Waals surface area contributed by atoms with E-state index in [2.05, 4.69) is 16.1 Å². The highest BCUT2D eigenvalue weighted by atomic mass is 16.5. The van der Waals surface area contributed by atoms with E-state index in [-0.39, 0.29) is 18.8 Å². The maximum Gasteiger partial charge on any atom is 0.322 e. The van der Waals surface area contributed by atoms with Gasteiger partial charge >= 0.3 is 11.9 Å². The van der Waals surface area contributed by atoms with Gasteiger partial charge in [-0.1, -0.05) is 19.3 Å². The number of nitrogens with zero attached hydrogens (tertiary/aromatic N) is 1. The fraction of sp³-hybridized carbons (Fsp3) is 0.786. The molecule has 1 saturated carbocycles. The first-order valence-electron chi connectivity index (χ1n) is 6.90. The van der Waals surface area contributed by atoms with Crippen molar-refractivity contribution in [2.75, 3.05) is 14.2 Å². The van der Waals surface area contributed by atoms with E-state index in [1.165, 1.54) is 14.2 Å². The Balaban J connectivity index is 2.70. The molecule has 0 aromatic heterocycles. The van der Waals surface area contributed by atoms with Gasteiger partial charge in [0.15, 0.2) is 0 Å². The summed E-state index contributed by atoms with van der Waals surface area (Å²) in [5.41, 5.74) is -0.687. The minimum absolute atomic E-state index is 0.116. The molecule has 1 aliphatic rings. The molecule has 1 N–H and O–H groups in total. The van der Waals surface area contributed by atoms with Crippen LogP contribution >= 0.6 is 0 Å². The van der Waals surface area contributed by atoms with E-state index in [4.69, 9.17) is 4.74 Å². The molecular formula is C14H22N2O4. The lowest BCUT2D eigenvalue weighted by Gasteiger charge is -2.34. The predicted molar refractivity (Wildman–Crippen MR) is 71.6 cm³/mol. The number of nitriles is 1. The highest BCUT2D eigenvalue weighted by molar-refractivity contribution is 5.77. The molecule has 0 bridgehead atoms. The smallest absolute Gasteiger partial charge is 0.322 e. The van der Waals surface area contributed by atoms with Gasteiger partial charge in [0, 0.05) is 6.42 Å². The van der Waals surface area contributed by atoms with Gasteiger partial charge in [-0.3, -0.25) is 14.9 Å². The normalized spacial score (nSPS) is 18.6. The van der Waals surface area contributed by atoms with Crippen LogP contribution in [0.2, 0.25) is 0 Å². The highest BCUT2D eigenvalue weighted by Gasteiger charge is 2.36. The largest absolute Gasteiger partial charge is 0.469 e. The minimum Gasteiger partial charge on any atom is -0.469 e. The van der Waals surface area contributed by atoms with Crippen molar-refractivity contribution in [3.63, 3.8) is 0 Å². The fourth-order valence-corrected chi connectivity index (χ4v) is 2.53. The number of hydrogen-bond donors (Lipinski definition) is 1. The highest BCUT2D eigenvalue weighted by Crippen LogP contribution is 2.28. The van der Waals surface area contributed by atoms with E-state index < -0.39 is 17.6 Å². The second-order valence-electron chi connectivity index (χ2n) is 5.09. The van der Waals surface area contributed by atoms with E-state index >= 15 is 0 Å². The Morgan fingerprint density at radius 1 is 1.25 bits per heavy atom. The molecule has 6 heteroatoms. The molecule has 1 atom stereocenters. The Labute approximate surface area is 119 Å². The van der Waals surface area contributed by atoms with Crippen molar-refractivity contribution in [1.82, 2.24) is 5.32 Å². The van der Waals surface area contributed by atoms with E-state index in [0.717, 1.165) is 32.1 Å². The Morgan fingerprint density at radius 3 is 2.40 bits per heavy atom. The molecule has 20 heavy (non-hydrogen) atoms. The van der Waals surface area contributed by atoms with Crippen molar-refractivity contribution >= 4 is 11.9 Å². The quantitative estimate of drug-likeness (QED) is 0.739. The summed E-state index contributed by atoms with van der Waals surface area (Å²) in [5.74, 6) is -0.829. The minimum atomic E-state index is -0.687. The molecule has 0 aromatic carbocycles. The molecule has 0 saturated heterocycles. The van der Waals surface area contributed by atoms with Crippen LogP contribution in [-0.2, 0) is 19.1 Å². The van der Waals surface area contributed by atoms with Crippen molar-refractivity contribution in [2.45, 2.75) is 56.5 Å². The number of hydrogen-bond acceptors (Lipinski definition) is 6. The third-order valence-corrected chi connectivity index (χ3v) is 3.72. The number of methoxy groups -OCH3 is 2. The Kier molecular flexibility index (Phi) is 6.46. The van der Waals surface area contributed by atoms with Crippen LogP contribution < -0.4 is 5.32 Å². The Morgan fingerprint density at radius 2 is 1.90 bits per heavy atom. The van der Waals surface area contributed by atoms with Gasteiger partial charge < -0.3 is 9.47 Å². The lowest BCUT2D eigenvalue weighted by Crippen LogP contribution is -2.53. The SMILES string of the molecule is COC(=O)CC[C@H](NC1(C#N)CCCCC1)C(=O)OC. The van der Waals surface area contributed by atoms with Crippen molar-refractivity contribution in [2.24, 2.45) is 0 Å². The molecular weight excluding hydrogens is 260 g/mol. The number of carbonyl (C=O) groups is 2. The van der Waals surface area contributed by atoms with Gasteiger partial charge in [-0.15, -0.1) is 0 Å². The number of carbonyl (C=O) groups excluding carboxylic acids is 2. The average Bonchev–Trinajstić information content (AvgIpc) is 2.51. The average molecular weight is 282 g/mol. The molecule has 0 spiro atoms. The zero-order valence-corrected chi connectivity index (χ0v) is 12.1. The molecule has 0 unspecified atom stereocenters. The first-order valence-corrected chi connectivity index (χ1v) is 6.90. The van der Waals surface area contributed by atoms with Crippen molar-refractivity contribution in [3.8, 4) is 6.07 Å². The maximum atomic E-state index is 11.8. The van der Waals surface area contributed by atoms with Gasteiger partial charge in [0.2, 0.25) is 0 Å². The zero-order valence-electron chi connectivity index (χ0n) is 12.1. The van der Waals surface area contributed by atoms with Crippen molar-refractivity contribution in [3.05, 3.63) is 0 Å². The van der Waals surface area contributed by atoms with Crippen LogP contribution in [0.3, 0.4) is 0 Å². The summed E-state index contributed by atoms with van der Waals surface area (Å²) in [6.45, 7) is 0. The third-order valence-electron chi connectivity index (χ3n) is 3.72. The summed E-state index contributed by atoms with van der Waals surface area (Å²) in [4.78, 5) is 23.0. The lowest BCUT2D eigenvalue weighted by atomic mass is 9.82. The number of esters is 2. The molecule has 6 nitrogen and oxygen atoms in total. The van der Waals surface area contributed by atoms with E-state index in [9.17, 15) is 14.9 Å². The molecule has 0 radical (unpaired) electrons. The van der Waals surface area contributed by atoms with Crippen LogP contribution in [0, 0.1) is 11.3 Å². The number of nitrogens with one attached hydrogen (secondary N) is 1. The zero-order chi connectivity index (χ0) is 15.0. The van der Waals surface area contributed by atoms with Gasteiger partial charge in [0.05, 0.1) is 20.3 Å². The lowest BCUT2D eigenvalue weighted by molar-refractivity contribution is -0.145. The van der Waals surface area contributed by atoms with Gasteiger partial charge in [-0.05, 0) is 19.3 Å². The summed E-state index contributed by atoms with van der Waals surface area (Å²) >= 11 is 0. The molecule has 0 heterocycles. The van der Waals surface area contributed by atoms with E-state index in [1.807, 2.05) is 0 Å². The van der Waals surface area contributed by atoms with E-state index in [1.54, 1.807) is 0 Å². The molecule has 0 aromatic rings. The second-order valence-corrected chi connectivity index (χ2v) is 5.09. The van der Waals surface area contributed by atoms with Gasteiger partial charge in [-0.2, -0.15) is 5.26 Å². The summed E-state index contributed by atoms with van der Waals surface area (Å²) in [6, 6.07) is 1.64. The summed E-state index contributed by atoms with van der Waals surface area (Å²) < 4.78 is 9.32. The van der Waals surface area contributed by atoms with E-state index in [0.29, 0.717) is 0 Å². The van der Waals surface area contributed by atoms with Crippen LogP contribution in [0.25, 0.3) is 0 Å². The molecule has 0 amide bonds. The molecule has 1 aliphatic carbocycles. The molecule has 1 rings (SSSR count). The summed E-state index contributed by atoms with van der Waals surface area (Å²) in [6.07, 6.45) is 4.85. The monoisotopic (exact) mass is 282 g/mol. The van der Waals surface area contributed by atoms with Crippen LogP contribution in [0.4, 0.5) is 0 Å². The first kappa shape index (κ1) is 16.4. The van der Waals surface area contributed by atoms with Crippen molar-refractivity contribution in [1.29, 1.82) is 5.26 Å². The third kappa shape index (κ3) is 4.49. The van der Waals surface area contributed by atoms with Gasteiger partial charge in [0.25, 0.3) is 0 Å². The van der Waals surface area contributed by atoms with Crippen LogP contribution in [0.5, 0.6) is 0 Å². The molecule has 1 fully saturated rings. The Bertz CT molecular complexity index is 383. The Hall–Kier alpha value is -1.61. The van der Waals surface area contributed by atoms with Crippen molar-refractivity contribution < 1.29 is 19.1 Å². The van der Waals surface area contributed by atoms with Gasteiger partial charge in [-0.25, -0.2) is 0 Å². The topological polar surface area (TPSA) is 88.4 Å². The number of rotatable bonds is 6. The first-order chi connectivity index (χ1) is 9.56. The van der Waals surface area contributed by atoms with Crippen LogP contribution in [0.1, 0.15) is 44.9 Å². The molecule has 112 valence electrons. The predicted octanol–water partition coefficient (Wildman–Crippen LogP) is 1.30. The van der Waals surface area contributed by atoms with Crippen LogP contribution in [0.15, 0.2) is 0 Å². The fourth-order valence-electron chi connectivity index (χ4n) is 2.53. The summed E-state index contributed by atoms with van der Waals surface area (Å²) in [5, 5.41) is 12.5.